The summed E-state index contributed by atoms with van der Waals surface area (Å²) in [6, 6.07) is 0. The topological polar surface area (TPSA) is 35.5 Å². The van der Waals surface area contributed by atoms with Crippen LogP contribution < -0.4 is 0 Å². The lowest BCUT2D eigenvalue weighted by Gasteiger charge is -2.46. The number of ketones is 1. The van der Waals surface area contributed by atoms with Gasteiger partial charge in [-0.3, -0.25) is 4.79 Å². The molecule has 23 heavy (non-hydrogen) atoms. The van der Waals surface area contributed by atoms with Crippen molar-refractivity contribution in [3.05, 3.63) is 22.8 Å². The number of Topliss-reactive ketones (excluding diaryl/α,β-unsaturated/α-hetero) is 1. The minimum Gasteiger partial charge on any atom is -0.347 e. The van der Waals surface area contributed by atoms with Gasteiger partial charge in [-0.15, -0.1) is 0 Å². The van der Waals surface area contributed by atoms with E-state index in [1.54, 1.807) is 16.7 Å². The van der Waals surface area contributed by atoms with Crippen LogP contribution >= 0.6 is 0 Å². The first-order valence-corrected chi connectivity index (χ1v) is 9.34. The maximum Gasteiger partial charge on any atom is 0.172 e. The van der Waals surface area contributed by atoms with E-state index in [1.165, 1.54) is 12.8 Å². The van der Waals surface area contributed by atoms with Crippen LogP contribution in [0.3, 0.4) is 0 Å². The van der Waals surface area contributed by atoms with E-state index in [0.717, 1.165) is 51.7 Å². The van der Waals surface area contributed by atoms with Crippen molar-refractivity contribution < 1.29 is 14.3 Å². The zero-order valence-corrected chi connectivity index (χ0v) is 14.0. The van der Waals surface area contributed by atoms with Gasteiger partial charge in [-0.2, -0.15) is 0 Å². The third-order valence-corrected chi connectivity index (χ3v) is 7.35. The molecule has 2 fully saturated rings. The predicted octanol–water partition coefficient (Wildman–Crippen LogP) is 3.94. The van der Waals surface area contributed by atoms with E-state index < -0.39 is 0 Å². The van der Waals surface area contributed by atoms with Gasteiger partial charge < -0.3 is 9.47 Å². The van der Waals surface area contributed by atoms with Gasteiger partial charge in [-0.05, 0) is 55.1 Å². The molecule has 0 aromatic rings. The van der Waals surface area contributed by atoms with Gasteiger partial charge >= 0.3 is 0 Å². The highest BCUT2D eigenvalue weighted by molar-refractivity contribution is 5.87. The second-order valence-corrected chi connectivity index (χ2v) is 8.36. The van der Waals surface area contributed by atoms with E-state index in [2.05, 4.69) is 13.0 Å². The number of ether oxygens (including phenoxy) is 2. The number of hydrogen-bond donors (Lipinski definition) is 0. The maximum atomic E-state index is 12.4. The van der Waals surface area contributed by atoms with Crippen molar-refractivity contribution in [2.75, 3.05) is 13.2 Å². The van der Waals surface area contributed by atoms with E-state index in [9.17, 15) is 4.79 Å². The normalized spacial score (nSPS) is 41.6. The first kappa shape index (κ1) is 14.4. The molecule has 5 aliphatic rings. The van der Waals surface area contributed by atoms with Crippen molar-refractivity contribution in [1.82, 2.24) is 0 Å². The van der Waals surface area contributed by atoms with Gasteiger partial charge in [0.25, 0.3) is 0 Å². The van der Waals surface area contributed by atoms with E-state index in [1.807, 2.05) is 0 Å². The second kappa shape index (κ2) is 4.80. The first-order valence-electron chi connectivity index (χ1n) is 9.34. The average Bonchev–Trinajstić information content (AvgIpc) is 3.12. The zero-order valence-electron chi connectivity index (χ0n) is 14.0. The van der Waals surface area contributed by atoms with Crippen molar-refractivity contribution in [2.24, 2.45) is 17.3 Å². The maximum absolute atomic E-state index is 12.4. The lowest BCUT2D eigenvalue weighted by molar-refractivity contribution is -0.164. The second-order valence-electron chi connectivity index (χ2n) is 8.36. The summed E-state index contributed by atoms with van der Waals surface area (Å²) in [7, 11) is 0. The molecule has 0 bridgehead atoms. The Bertz CT molecular complexity index is 623. The first-order chi connectivity index (χ1) is 11.1. The standard InChI is InChI=1S/C20H26O3/c1-19-8-6-15-14-7-9-20(22-10-11-23-20)12-13(14)2-3-16(15)17(19)4-5-18(19)21/h6,16-17H,2-5,7-12H2,1H3/t16-,17-,19-/m0/s1. The van der Waals surface area contributed by atoms with E-state index >= 15 is 0 Å². The molecule has 0 aromatic heterocycles. The number of fused-ring (bicyclic) bond motifs is 4. The SMILES string of the molecule is C[C@]12CC=C3C4=C(CC[C@@H]3[C@@H]1CCC2=O)CC1(CC4)OCCO1. The molecule has 0 N–H and O–H groups in total. The Kier molecular flexibility index (Phi) is 3.01. The highest BCUT2D eigenvalue weighted by Gasteiger charge is 2.53. The summed E-state index contributed by atoms with van der Waals surface area (Å²) < 4.78 is 11.9. The van der Waals surface area contributed by atoms with Gasteiger partial charge in [0.2, 0.25) is 0 Å². The number of rotatable bonds is 0. The molecule has 1 aliphatic heterocycles. The summed E-state index contributed by atoms with van der Waals surface area (Å²) in [5, 5.41) is 0. The van der Waals surface area contributed by atoms with Crippen LogP contribution in [0.5, 0.6) is 0 Å². The van der Waals surface area contributed by atoms with Crippen molar-refractivity contribution in [1.29, 1.82) is 0 Å². The van der Waals surface area contributed by atoms with Gasteiger partial charge in [0.15, 0.2) is 5.79 Å². The predicted molar refractivity (Wildman–Crippen MR) is 86.8 cm³/mol. The molecule has 3 heteroatoms. The molecular weight excluding hydrogens is 288 g/mol. The molecule has 1 saturated heterocycles. The summed E-state index contributed by atoms with van der Waals surface area (Å²) in [6.45, 7) is 3.72. The van der Waals surface area contributed by atoms with Gasteiger partial charge in [0.05, 0.1) is 13.2 Å². The molecule has 3 atom stereocenters. The molecule has 5 rings (SSSR count). The van der Waals surface area contributed by atoms with Gasteiger partial charge in [0, 0.05) is 24.7 Å². The molecule has 1 heterocycles. The fourth-order valence-electron chi connectivity index (χ4n) is 6.08. The fraction of sp³-hybridized carbons (Fsp3) is 0.750. The van der Waals surface area contributed by atoms with Crippen molar-refractivity contribution >= 4 is 5.78 Å². The van der Waals surface area contributed by atoms with Crippen molar-refractivity contribution in [3.8, 4) is 0 Å². The molecular formula is C20H26O3. The van der Waals surface area contributed by atoms with E-state index in [4.69, 9.17) is 9.47 Å². The van der Waals surface area contributed by atoms with Gasteiger partial charge in [-0.25, -0.2) is 0 Å². The Morgan fingerprint density at radius 3 is 2.78 bits per heavy atom. The minimum atomic E-state index is -0.307. The lowest BCUT2D eigenvalue weighted by Crippen LogP contribution is -2.41. The summed E-state index contributed by atoms with van der Waals surface area (Å²) >= 11 is 0. The molecule has 0 amide bonds. The number of carbonyl (C=O) groups excluding carboxylic acids is 1. The minimum absolute atomic E-state index is 0.0696. The van der Waals surface area contributed by atoms with E-state index in [-0.39, 0.29) is 11.2 Å². The largest absolute Gasteiger partial charge is 0.347 e. The van der Waals surface area contributed by atoms with Crippen LogP contribution in [0.2, 0.25) is 0 Å². The summed E-state index contributed by atoms with van der Waals surface area (Å²) in [6.07, 6.45) is 10.7. The summed E-state index contributed by atoms with van der Waals surface area (Å²) in [4.78, 5) is 12.4. The van der Waals surface area contributed by atoms with Crippen LogP contribution in [0.4, 0.5) is 0 Å². The Morgan fingerprint density at radius 2 is 1.96 bits per heavy atom. The number of carbonyl (C=O) groups is 1. The molecule has 0 unspecified atom stereocenters. The van der Waals surface area contributed by atoms with Crippen molar-refractivity contribution in [2.45, 2.75) is 64.1 Å². The van der Waals surface area contributed by atoms with Crippen molar-refractivity contribution in [3.63, 3.8) is 0 Å². The number of allylic oxidation sites excluding steroid dienone is 3. The molecule has 0 radical (unpaired) electrons. The zero-order chi connectivity index (χ0) is 15.7. The molecule has 124 valence electrons. The molecule has 0 aromatic carbocycles. The third kappa shape index (κ3) is 1.93. The third-order valence-electron chi connectivity index (χ3n) is 7.35. The van der Waals surface area contributed by atoms with Crippen LogP contribution in [-0.4, -0.2) is 24.8 Å². The lowest BCUT2D eigenvalue weighted by atomic mass is 9.58. The van der Waals surface area contributed by atoms with Gasteiger partial charge in [0.1, 0.15) is 5.78 Å². The smallest absolute Gasteiger partial charge is 0.172 e. The fourth-order valence-corrected chi connectivity index (χ4v) is 6.08. The monoisotopic (exact) mass is 314 g/mol. The summed E-state index contributed by atoms with van der Waals surface area (Å²) in [5.74, 6) is 1.41. The molecule has 1 spiro atoms. The van der Waals surface area contributed by atoms with Gasteiger partial charge in [-0.1, -0.05) is 18.6 Å². The Hall–Kier alpha value is -0.930. The van der Waals surface area contributed by atoms with Crippen LogP contribution in [0.1, 0.15) is 58.3 Å². The molecule has 4 aliphatic carbocycles. The summed E-state index contributed by atoms with van der Waals surface area (Å²) in [5.41, 5.74) is 4.71. The van der Waals surface area contributed by atoms with E-state index in [0.29, 0.717) is 17.6 Å². The average molecular weight is 314 g/mol. The Balaban J connectivity index is 1.49. The highest BCUT2D eigenvalue weighted by Crippen LogP contribution is 2.58. The van der Waals surface area contributed by atoms with Crippen LogP contribution in [0, 0.1) is 17.3 Å². The number of hydrogen-bond acceptors (Lipinski definition) is 3. The highest BCUT2D eigenvalue weighted by atomic mass is 16.7. The van der Waals surface area contributed by atoms with Crippen LogP contribution in [0.15, 0.2) is 22.8 Å². The molecule has 1 saturated carbocycles. The Morgan fingerprint density at radius 1 is 1.13 bits per heavy atom. The quantitative estimate of drug-likeness (QED) is 0.679. The Labute approximate surface area is 138 Å². The van der Waals surface area contributed by atoms with Crippen LogP contribution in [0.25, 0.3) is 0 Å². The van der Waals surface area contributed by atoms with Crippen LogP contribution in [-0.2, 0) is 14.3 Å². The molecule has 3 nitrogen and oxygen atoms in total.